The minimum absolute atomic E-state index is 0.0248. The quantitative estimate of drug-likeness (QED) is 0.422. The van der Waals surface area contributed by atoms with Crippen LogP contribution in [0.4, 0.5) is 5.69 Å². The van der Waals surface area contributed by atoms with E-state index in [-0.39, 0.29) is 30.4 Å². The third-order valence-electron chi connectivity index (χ3n) is 4.42. The maximum Gasteiger partial charge on any atom is 0.274 e. The molecule has 0 unspecified atom stereocenters. The molecule has 3 heterocycles. The molecule has 10 nitrogen and oxygen atoms in total. The summed E-state index contributed by atoms with van der Waals surface area (Å²) < 4.78 is 13.7. The second kappa shape index (κ2) is 9.40. The van der Waals surface area contributed by atoms with Gasteiger partial charge < -0.3 is 19.8 Å². The topological polar surface area (TPSA) is 116 Å². The Morgan fingerprint density at radius 1 is 1.16 bits per heavy atom. The van der Waals surface area contributed by atoms with Gasteiger partial charge in [0.25, 0.3) is 11.8 Å². The zero-order chi connectivity index (χ0) is 22.5. The molecule has 2 N–H and O–H groups in total. The van der Waals surface area contributed by atoms with E-state index in [9.17, 15) is 9.59 Å². The molecule has 4 aromatic rings. The van der Waals surface area contributed by atoms with E-state index < -0.39 is 11.8 Å². The van der Waals surface area contributed by atoms with Crippen molar-refractivity contribution in [1.82, 2.24) is 24.9 Å². The Hall–Kier alpha value is -4.05. The summed E-state index contributed by atoms with van der Waals surface area (Å²) >= 11 is 6.09. The van der Waals surface area contributed by atoms with Crippen LogP contribution in [0.3, 0.4) is 0 Å². The number of halogens is 1. The van der Waals surface area contributed by atoms with Gasteiger partial charge in [-0.15, -0.1) is 0 Å². The van der Waals surface area contributed by atoms with Gasteiger partial charge in [0.1, 0.15) is 17.2 Å². The molecule has 0 aliphatic heterocycles. The summed E-state index contributed by atoms with van der Waals surface area (Å²) in [6.07, 6.45) is 4.54. The lowest BCUT2D eigenvalue weighted by Crippen LogP contribution is -2.25. The molecule has 0 aliphatic carbocycles. The van der Waals surface area contributed by atoms with Crippen LogP contribution >= 0.6 is 11.6 Å². The van der Waals surface area contributed by atoms with Crippen LogP contribution in [0.2, 0.25) is 5.02 Å². The Balaban J connectivity index is 1.44. The predicted octanol–water partition coefficient (Wildman–Crippen LogP) is 3.08. The Morgan fingerprint density at radius 3 is 2.78 bits per heavy atom. The van der Waals surface area contributed by atoms with E-state index in [0.29, 0.717) is 16.5 Å². The molecular formula is C21H19ClN6O4. The predicted molar refractivity (Wildman–Crippen MR) is 115 cm³/mol. The number of aromatic nitrogens is 4. The second-order valence-corrected chi connectivity index (χ2v) is 7.11. The highest BCUT2D eigenvalue weighted by Gasteiger charge is 2.20. The van der Waals surface area contributed by atoms with E-state index in [1.807, 2.05) is 0 Å². The maximum atomic E-state index is 12.9. The van der Waals surface area contributed by atoms with Crippen molar-refractivity contribution < 1.29 is 18.7 Å². The summed E-state index contributed by atoms with van der Waals surface area (Å²) in [5, 5.41) is 14.1. The van der Waals surface area contributed by atoms with Crippen molar-refractivity contribution >= 4 is 29.1 Å². The van der Waals surface area contributed by atoms with Crippen LogP contribution in [0, 0.1) is 0 Å². The molecule has 0 radical (unpaired) electrons. The first-order valence-electron chi connectivity index (χ1n) is 9.56. The molecule has 0 spiro atoms. The number of hydrogen-bond acceptors (Lipinski definition) is 6. The monoisotopic (exact) mass is 454 g/mol. The van der Waals surface area contributed by atoms with Gasteiger partial charge in [0.15, 0.2) is 12.4 Å². The van der Waals surface area contributed by atoms with Crippen LogP contribution in [0.5, 0.6) is 5.75 Å². The molecule has 0 atom stereocenters. The van der Waals surface area contributed by atoms with Gasteiger partial charge in [-0.05, 0) is 30.3 Å². The largest absolute Gasteiger partial charge is 0.470 e. The molecule has 11 heteroatoms. The first kappa shape index (κ1) is 21.2. The van der Waals surface area contributed by atoms with Crippen LogP contribution in [0.1, 0.15) is 26.7 Å². The lowest BCUT2D eigenvalue weighted by molar-refractivity contribution is 0.0943. The fraction of sp³-hybridized carbons (Fsp3) is 0.143. The minimum Gasteiger partial charge on any atom is -0.470 e. The molecule has 32 heavy (non-hydrogen) atoms. The number of carbonyl (C=O) groups is 2. The van der Waals surface area contributed by atoms with Crippen molar-refractivity contribution in [3.63, 3.8) is 0 Å². The molecule has 164 valence electrons. The van der Waals surface area contributed by atoms with E-state index in [4.69, 9.17) is 20.8 Å². The lowest BCUT2D eigenvalue weighted by atomic mass is 10.3. The number of nitrogens with zero attached hydrogens (tertiary/aromatic N) is 4. The molecule has 0 saturated carbocycles. The van der Waals surface area contributed by atoms with E-state index in [1.54, 1.807) is 49.6 Å². The van der Waals surface area contributed by atoms with Crippen LogP contribution < -0.4 is 15.4 Å². The molecular weight excluding hydrogens is 436 g/mol. The molecule has 0 fully saturated rings. The van der Waals surface area contributed by atoms with Gasteiger partial charge in [0.05, 0.1) is 23.5 Å². The van der Waals surface area contributed by atoms with Crippen molar-refractivity contribution in [1.29, 1.82) is 0 Å². The highest BCUT2D eigenvalue weighted by atomic mass is 35.5. The number of furan rings is 1. The number of anilines is 1. The Bertz CT molecular complexity index is 1230. The van der Waals surface area contributed by atoms with Crippen LogP contribution in [0.15, 0.2) is 65.5 Å². The highest BCUT2D eigenvalue weighted by Crippen LogP contribution is 2.23. The number of aryl methyl sites for hydroxylation is 1. The fourth-order valence-corrected chi connectivity index (χ4v) is 3.11. The molecule has 0 bridgehead atoms. The van der Waals surface area contributed by atoms with E-state index in [1.165, 1.54) is 27.9 Å². The number of carbonyl (C=O) groups excluding carboxylic acids is 2. The Morgan fingerprint density at radius 2 is 2.00 bits per heavy atom. The van der Waals surface area contributed by atoms with Crippen LogP contribution in [-0.4, -0.2) is 31.4 Å². The molecule has 0 saturated heterocycles. The van der Waals surface area contributed by atoms with Gasteiger partial charge in [0.2, 0.25) is 0 Å². The first-order chi connectivity index (χ1) is 15.5. The van der Waals surface area contributed by atoms with E-state index >= 15 is 0 Å². The number of ether oxygens (including phenoxy) is 1. The molecule has 3 aromatic heterocycles. The number of nitrogens with one attached hydrogen (secondary N) is 2. The van der Waals surface area contributed by atoms with Gasteiger partial charge in [-0.25, -0.2) is 4.68 Å². The first-order valence-corrected chi connectivity index (χ1v) is 9.94. The van der Waals surface area contributed by atoms with Crippen LogP contribution in [-0.2, 0) is 20.3 Å². The van der Waals surface area contributed by atoms with Crippen molar-refractivity contribution in [3.8, 4) is 5.75 Å². The molecule has 2 amide bonds. The summed E-state index contributed by atoms with van der Waals surface area (Å²) in [5.74, 6) is 0.146. The van der Waals surface area contributed by atoms with E-state index in [2.05, 4.69) is 20.8 Å². The fourth-order valence-electron chi connectivity index (χ4n) is 2.92. The Kier molecular flexibility index (Phi) is 6.22. The molecule has 1 aromatic carbocycles. The van der Waals surface area contributed by atoms with Gasteiger partial charge in [0, 0.05) is 19.4 Å². The SMILES string of the molecule is Cn1cc(NC(=O)c2ccnn2COc2ccccc2Cl)c(C(=O)NCc2ccco2)n1. The standard InChI is InChI=1S/C21H19ClN6O4/c1-27-12-16(19(26-27)21(30)23-11-14-5-4-10-31-14)25-20(29)17-8-9-24-28(17)13-32-18-7-3-2-6-15(18)22/h2-10,12H,11,13H2,1H3,(H,23,30)(H,25,29). The molecule has 0 aliphatic rings. The number of hydrogen-bond donors (Lipinski definition) is 2. The summed E-state index contributed by atoms with van der Waals surface area (Å²) in [5.41, 5.74) is 0.572. The zero-order valence-corrected chi connectivity index (χ0v) is 17.7. The number of benzene rings is 1. The van der Waals surface area contributed by atoms with Crippen molar-refractivity contribution in [2.24, 2.45) is 7.05 Å². The number of rotatable bonds is 8. The minimum atomic E-state index is -0.474. The van der Waals surface area contributed by atoms with Gasteiger partial charge in [-0.3, -0.25) is 14.3 Å². The van der Waals surface area contributed by atoms with Crippen molar-refractivity contribution in [3.05, 3.63) is 83.3 Å². The normalized spacial score (nSPS) is 10.7. The average Bonchev–Trinajstić information content (AvgIpc) is 3.53. The van der Waals surface area contributed by atoms with Crippen LogP contribution in [0.25, 0.3) is 0 Å². The summed E-state index contributed by atoms with van der Waals surface area (Å²) in [6, 6.07) is 12.0. The highest BCUT2D eigenvalue weighted by molar-refractivity contribution is 6.32. The smallest absolute Gasteiger partial charge is 0.274 e. The maximum absolute atomic E-state index is 12.9. The third kappa shape index (κ3) is 4.81. The van der Waals surface area contributed by atoms with Crippen molar-refractivity contribution in [2.45, 2.75) is 13.3 Å². The second-order valence-electron chi connectivity index (χ2n) is 6.70. The average molecular weight is 455 g/mol. The van der Waals surface area contributed by atoms with Gasteiger partial charge >= 0.3 is 0 Å². The molecule has 4 rings (SSSR count). The van der Waals surface area contributed by atoms with Gasteiger partial charge in [-0.1, -0.05) is 23.7 Å². The lowest BCUT2D eigenvalue weighted by Gasteiger charge is -2.11. The van der Waals surface area contributed by atoms with E-state index in [0.717, 1.165) is 0 Å². The number of amides is 2. The summed E-state index contributed by atoms with van der Waals surface area (Å²) in [6.45, 7) is 0.172. The number of para-hydroxylation sites is 1. The third-order valence-corrected chi connectivity index (χ3v) is 4.74. The van der Waals surface area contributed by atoms with Crippen molar-refractivity contribution in [2.75, 3.05) is 5.32 Å². The Labute approximate surface area is 187 Å². The summed E-state index contributed by atoms with van der Waals surface area (Å²) in [4.78, 5) is 25.4. The summed E-state index contributed by atoms with van der Waals surface area (Å²) in [7, 11) is 1.65. The zero-order valence-electron chi connectivity index (χ0n) is 17.0. The van der Waals surface area contributed by atoms with Gasteiger partial charge in [-0.2, -0.15) is 10.2 Å².